The Kier molecular flexibility index (Phi) is 12.3. The molecule has 0 aliphatic carbocycles. The molecule has 1 saturated heterocycles. The van der Waals surface area contributed by atoms with Crippen LogP contribution < -0.4 is 5.32 Å². The zero-order chi connectivity index (χ0) is 30.4. The van der Waals surface area contributed by atoms with Gasteiger partial charge in [0.15, 0.2) is 6.04 Å². The summed E-state index contributed by atoms with van der Waals surface area (Å²) in [5.74, 6) is -3.00. The standard InChI is InChI=1S/C34H42N2O7/c37-22-29-18-11-19-36(29)31(38)21-27-16-9-1-2-10-17-28(20-25-12-5-3-6-13-25)33(40)43-24-30(35-32(27)39)34(41)42-23-26-14-7-4-8-15-26/h1,3-9,12-15,27-30,37H,2,10-11,16-24H2,(H,35,39). The van der Waals surface area contributed by atoms with E-state index < -0.39 is 35.7 Å². The Morgan fingerprint density at radius 3 is 2.37 bits per heavy atom. The van der Waals surface area contributed by atoms with Crippen molar-refractivity contribution in [2.24, 2.45) is 11.8 Å². The highest BCUT2D eigenvalue weighted by Gasteiger charge is 2.33. The second kappa shape index (κ2) is 16.6. The topological polar surface area (TPSA) is 122 Å². The molecular formula is C34H42N2O7. The lowest BCUT2D eigenvalue weighted by Crippen LogP contribution is -2.48. The van der Waals surface area contributed by atoms with Gasteiger partial charge in [0.05, 0.1) is 24.5 Å². The number of cyclic esters (lactones) is 1. The summed E-state index contributed by atoms with van der Waals surface area (Å²) >= 11 is 0. The van der Waals surface area contributed by atoms with Crippen LogP contribution in [0.2, 0.25) is 0 Å². The molecule has 2 N–H and O–H groups in total. The quantitative estimate of drug-likeness (QED) is 0.355. The number of aliphatic hydroxyl groups excluding tert-OH is 1. The third kappa shape index (κ3) is 9.78. The number of ether oxygens (including phenoxy) is 2. The van der Waals surface area contributed by atoms with Gasteiger partial charge in [-0.3, -0.25) is 14.4 Å². The zero-order valence-electron chi connectivity index (χ0n) is 24.6. The van der Waals surface area contributed by atoms with Crippen molar-refractivity contribution in [2.45, 2.75) is 70.1 Å². The summed E-state index contributed by atoms with van der Waals surface area (Å²) in [5.41, 5.74) is 1.79. The van der Waals surface area contributed by atoms with E-state index in [1.807, 2.05) is 72.8 Å². The maximum Gasteiger partial charge on any atom is 0.332 e. The highest BCUT2D eigenvalue weighted by atomic mass is 16.6. The maximum atomic E-state index is 13.5. The first-order chi connectivity index (χ1) is 20.9. The summed E-state index contributed by atoms with van der Waals surface area (Å²) in [4.78, 5) is 54.8. The number of allylic oxidation sites excluding steroid dienone is 2. The first-order valence-electron chi connectivity index (χ1n) is 15.2. The van der Waals surface area contributed by atoms with Crippen LogP contribution >= 0.6 is 0 Å². The Morgan fingerprint density at radius 1 is 0.930 bits per heavy atom. The third-order valence-electron chi connectivity index (χ3n) is 8.09. The number of aliphatic hydroxyl groups is 1. The molecule has 230 valence electrons. The summed E-state index contributed by atoms with van der Waals surface area (Å²) in [6.45, 7) is 0.0503. The van der Waals surface area contributed by atoms with Crippen LogP contribution in [0.1, 0.15) is 56.1 Å². The molecule has 4 atom stereocenters. The van der Waals surface area contributed by atoms with Gasteiger partial charge < -0.3 is 24.8 Å². The van der Waals surface area contributed by atoms with Crippen molar-refractivity contribution in [3.05, 3.63) is 83.9 Å². The summed E-state index contributed by atoms with van der Waals surface area (Å²) in [6.07, 6.45) is 8.22. The van der Waals surface area contributed by atoms with Gasteiger partial charge in [0.25, 0.3) is 0 Å². The van der Waals surface area contributed by atoms with Crippen LogP contribution in [-0.2, 0) is 41.7 Å². The fourth-order valence-corrected chi connectivity index (χ4v) is 5.60. The number of nitrogens with zero attached hydrogens (tertiary/aromatic N) is 1. The number of amides is 2. The van der Waals surface area contributed by atoms with E-state index in [1.165, 1.54) is 0 Å². The average molecular weight is 591 g/mol. The molecule has 4 rings (SSSR count). The Hall–Kier alpha value is -3.98. The molecule has 2 aromatic rings. The Balaban J connectivity index is 1.50. The van der Waals surface area contributed by atoms with Gasteiger partial charge in [-0.05, 0) is 56.1 Å². The highest BCUT2D eigenvalue weighted by molar-refractivity contribution is 5.89. The van der Waals surface area contributed by atoms with Crippen molar-refractivity contribution in [1.82, 2.24) is 10.2 Å². The van der Waals surface area contributed by atoms with Gasteiger partial charge in [-0.1, -0.05) is 72.8 Å². The minimum absolute atomic E-state index is 0.00121. The van der Waals surface area contributed by atoms with Crippen molar-refractivity contribution in [1.29, 1.82) is 0 Å². The number of likely N-dealkylation sites (tertiary alicyclic amines) is 1. The molecular weight excluding hydrogens is 548 g/mol. The summed E-state index contributed by atoms with van der Waals surface area (Å²) in [7, 11) is 0. The fraction of sp³-hybridized carbons (Fsp3) is 0.471. The summed E-state index contributed by atoms with van der Waals surface area (Å²) < 4.78 is 11.2. The van der Waals surface area contributed by atoms with E-state index in [0.717, 1.165) is 30.4 Å². The summed E-state index contributed by atoms with van der Waals surface area (Å²) in [6, 6.07) is 17.4. The van der Waals surface area contributed by atoms with Crippen molar-refractivity contribution in [2.75, 3.05) is 19.8 Å². The second-order valence-corrected chi connectivity index (χ2v) is 11.3. The summed E-state index contributed by atoms with van der Waals surface area (Å²) in [5, 5.41) is 12.4. The van der Waals surface area contributed by atoms with Crippen LogP contribution in [0.4, 0.5) is 0 Å². The number of hydrogen-bond acceptors (Lipinski definition) is 7. The van der Waals surface area contributed by atoms with E-state index in [0.29, 0.717) is 32.2 Å². The van der Waals surface area contributed by atoms with Gasteiger partial charge in [-0.15, -0.1) is 0 Å². The molecule has 2 heterocycles. The minimum Gasteiger partial charge on any atom is -0.463 e. The van der Waals surface area contributed by atoms with Crippen LogP contribution in [0.15, 0.2) is 72.8 Å². The van der Waals surface area contributed by atoms with Crippen molar-refractivity contribution in [3.63, 3.8) is 0 Å². The first-order valence-corrected chi connectivity index (χ1v) is 15.2. The predicted molar refractivity (Wildman–Crippen MR) is 160 cm³/mol. The molecule has 43 heavy (non-hydrogen) atoms. The lowest BCUT2D eigenvalue weighted by Gasteiger charge is -2.26. The molecule has 0 saturated carbocycles. The van der Waals surface area contributed by atoms with Crippen LogP contribution in [0.25, 0.3) is 0 Å². The first kappa shape index (κ1) is 31.9. The number of rotatable bonds is 8. The molecule has 0 radical (unpaired) electrons. The normalized spacial score (nSPS) is 23.6. The Morgan fingerprint density at radius 2 is 1.65 bits per heavy atom. The monoisotopic (exact) mass is 590 g/mol. The van der Waals surface area contributed by atoms with E-state index >= 15 is 0 Å². The van der Waals surface area contributed by atoms with E-state index in [1.54, 1.807) is 4.90 Å². The van der Waals surface area contributed by atoms with Crippen molar-refractivity contribution >= 4 is 23.8 Å². The molecule has 1 fully saturated rings. The predicted octanol–water partition coefficient (Wildman–Crippen LogP) is 3.74. The number of carbonyl (C=O) groups excluding carboxylic acids is 4. The van der Waals surface area contributed by atoms with Gasteiger partial charge in [-0.25, -0.2) is 4.79 Å². The third-order valence-corrected chi connectivity index (χ3v) is 8.09. The minimum atomic E-state index is -1.24. The molecule has 2 amide bonds. The second-order valence-electron chi connectivity index (χ2n) is 11.3. The largest absolute Gasteiger partial charge is 0.463 e. The molecule has 2 aliphatic heterocycles. The van der Waals surface area contributed by atoms with Gasteiger partial charge >= 0.3 is 11.9 Å². The lowest BCUT2D eigenvalue weighted by atomic mass is 9.93. The van der Waals surface area contributed by atoms with E-state index in [2.05, 4.69) is 5.32 Å². The molecule has 4 unspecified atom stereocenters. The van der Waals surface area contributed by atoms with Crippen molar-refractivity contribution < 1.29 is 33.8 Å². The van der Waals surface area contributed by atoms with E-state index in [-0.39, 0.29) is 38.2 Å². The van der Waals surface area contributed by atoms with E-state index in [4.69, 9.17) is 9.47 Å². The maximum absolute atomic E-state index is 13.5. The van der Waals surface area contributed by atoms with Crippen molar-refractivity contribution in [3.8, 4) is 0 Å². The molecule has 0 spiro atoms. The fourth-order valence-electron chi connectivity index (χ4n) is 5.60. The van der Waals surface area contributed by atoms with Crippen LogP contribution in [0.5, 0.6) is 0 Å². The van der Waals surface area contributed by atoms with Gasteiger partial charge in [-0.2, -0.15) is 0 Å². The highest BCUT2D eigenvalue weighted by Crippen LogP contribution is 2.22. The Labute approximate surface area is 253 Å². The van der Waals surface area contributed by atoms with Gasteiger partial charge in [0.2, 0.25) is 11.8 Å². The number of hydrogen-bond donors (Lipinski definition) is 2. The number of benzene rings is 2. The number of esters is 2. The smallest absolute Gasteiger partial charge is 0.332 e. The van der Waals surface area contributed by atoms with Gasteiger partial charge in [0, 0.05) is 13.0 Å². The van der Waals surface area contributed by atoms with Crippen LogP contribution in [-0.4, -0.2) is 65.6 Å². The zero-order valence-corrected chi connectivity index (χ0v) is 24.6. The number of carbonyl (C=O) groups is 4. The van der Waals surface area contributed by atoms with Crippen LogP contribution in [0, 0.1) is 11.8 Å². The molecule has 0 aromatic heterocycles. The lowest BCUT2D eigenvalue weighted by molar-refractivity contribution is -0.157. The molecule has 9 nitrogen and oxygen atoms in total. The molecule has 0 bridgehead atoms. The SMILES string of the molecule is O=C1NC(C(=O)OCc2ccccc2)COC(=O)C(Cc2ccccc2)CCCC=CCC1CC(=O)N1CCCC1CO. The van der Waals surface area contributed by atoms with Crippen LogP contribution in [0.3, 0.4) is 0 Å². The average Bonchev–Trinajstić information content (AvgIpc) is 3.52. The number of nitrogens with one attached hydrogen (secondary N) is 1. The van der Waals surface area contributed by atoms with E-state index in [9.17, 15) is 24.3 Å². The molecule has 2 aliphatic rings. The molecule has 2 aromatic carbocycles. The molecule has 9 heteroatoms. The van der Waals surface area contributed by atoms with Gasteiger partial charge in [0.1, 0.15) is 13.2 Å². The Bertz CT molecular complexity index is 1230.